The zero-order valence-electron chi connectivity index (χ0n) is 18.9. The van der Waals surface area contributed by atoms with Crippen molar-refractivity contribution in [3.05, 3.63) is 101 Å². The molecule has 0 amide bonds. The first kappa shape index (κ1) is 24.2. The van der Waals surface area contributed by atoms with Crippen LogP contribution in [0.15, 0.2) is 83.5 Å². The van der Waals surface area contributed by atoms with Gasteiger partial charge in [0.1, 0.15) is 17.7 Å². The molecule has 3 aromatic rings. The quantitative estimate of drug-likeness (QED) is 0.391. The van der Waals surface area contributed by atoms with Gasteiger partial charge in [0, 0.05) is 28.9 Å². The molecule has 5 rings (SSSR count). The van der Waals surface area contributed by atoms with E-state index < -0.39 is 44.0 Å². The summed E-state index contributed by atoms with van der Waals surface area (Å²) in [4.78, 5) is 4.61. The minimum absolute atomic E-state index is 0.0690. The van der Waals surface area contributed by atoms with E-state index in [1.807, 2.05) is 0 Å². The number of rotatable bonds is 6. The molecule has 3 heterocycles. The van der Waals surface area contributed by atoms with Gasteiger partial charge in [-0.15, -0.1) is 0 Å². The molecule has 3 atom stereocenters. The monoisotopic (exact) mass is 496 g/mol. The van der Waals surface area contributed by atoms with Crippen LogP contribution in [0.1, 0.15) is 17.7 Å². The molecule has 2 aliphatic heterocycles. The van der Waals surface area contributed by atoms with Gasteiger partial charge in [-0.25, -0.2) is 13.8 Å². The zero-order valence-corrected chi connectivity index (χ0v) is 18.9. The van der Waals surface area contributed by atoms with Gasteiger partial charge in [0.2, 0.25) is 0 Å². The maximum atomic E-state index is 14.5. The van der Waals surface area contributed by atoms with E-state index in [0.29, 0.717) is 28.1 Å². The normalized spacial score (nSPS) is 22.7. The number of nitrogens with zero attached hydrogens (tertiary/aromatic N) is 2. The third-order valence-corrected chi connectivity index (χ3v) is 6.31. The van der Waals surface area contributed by atoms with Gasteiger partial charge in [-0.05, 0) is 66.2 Å². The molecular weight excluding hydrogens is 475 g/mol. The summed E-state index contributed by atoms with van der Waals surface area (Å²) in [6, 6.07) is 14.0. The Morgan fingerprint density at radius 1 is 0.944 bits per heavy atom. The highest BCUT2D eigenvalue weighted by atomic mass is 19.2. The first-order valence-electron chi connectivity index (χ1n) is 11.3. The maximum Gasteiger partial charge on any atom is 0.678 e. The summed E-state index contributed by atoms with van der Waals surface area (Å²) in [5.74, 6) is -0.886. The molecule has 2 aromatic carbocycles. The second-order valence-electron chi connectivity index (χ2n) is 8.54. The number of halogens is 4. The average Bonchev–Trinajstić information content (AvgIpc) is 3.60. The molecule has 0 bridgehead atoms. The average molecular weight is 496 g/mol. The van der Waals surface area contributed by atoms with E-state index in [-0.39, 0.29) is 17.8 Å². The van der Waals surface area contributed by atoms with Crippen molar-refractivity contribution in [1.29, 1.82) is 0 Å². The van der Waals surface area contributed by atoms with Crippen molar-refractivity contribution < 1.29 is 32.4 Å². The summed E-state index contributed by atoms with van der Waals surface area (Å²) >= 11 is 0. The SMILES string of the molecule is OC[C@H]1OC(/C(=C2\C=CC(c3ccc(F)cc3)=N2)c2ccc(-c3ccc(F)cc3)n2B(F)F)C[C@@H]1O. The van der Waals surface area contributed by atoms with Crippen molar-refractivity contribution in [3.63, 3.8) is 0 Å². The molecule has 2 aliphatic rings. The Morgan fingerprint density at radius 3 is 2.17 bits per heavy atom. The van der Waals surface area contributed by atoms with Crippen molar-refractivity contribution in [3.8, 4) is 11.3 Å². The first-order chi connectivity index (χ1) is 17.4. The number of hydrogen-bond acceptors (Lipinski definition) is 4. The van der Waals surface area contributed by atoms with E-state index in [4.69, 9.17) is 4.74 Å². The lowest BCUT2D eigenvalue weighted by atomic mass is 9.98. The zero-order chi connectivity index (χ0) is 25.4. The van der Waals surface area contributed by atoms with Crippen LogP contribution in [0.25, 0.3) is 16.8 Å². The summed E-state index contributed by atoms with van der Waals surface area (Å²) in [5.41, 5.74) is 2.48. The predicted octanol–water partition coefficient (Wildman–Crippen LogP) is 4.49. The lowest BCUT2D eigenvalue weighted by Crippen LogP contribution is -2.25. The Kier molecular flexibility index (Phi) is 6.66. The summed E-state index contributed by atoms with van der Waals surface area (Å²) in [6.07, 6.45) is 0.710. The summed E-state index contributed by atoms with van der Waals surface area (Å²) in [6.45, 7) is -0.434. The number of aliphatic hydroxyl groups excluding tert-OH is 2. The van der Waals surface area contributed by atoms with Crippen LogP contribution in [0, 0.1) is 11.6 Å². The van der Waals surface area contributed by atoms with E-state index in [1.54, 1.807) is 24.3 Å². The van der Waals surface area contributed by atoms with Crippen molar-refractivity contribution in [2.24, 2.45) is 4.99 Å². The van der Waals surface area contributed by atoms with Gasteiger partial charge in [-0.1, -0.05) is 12.1 Å². The molecule has 184 valence electrons. The Hall–Kier alpha value is -3.47. The van der Waals surface area contributed by atoms with Crippen molar-refractivity contribution in [2.45, 2.75) is 24.7 Å². The number of hydrogen-bond donors (Lipinski definition) is 2. The summed E-state index contributed by atoms with van der Waals surface area (Å²) < 4.78 is 62.4. The molecule has 2 N–H and O–H groups in total. The number of aromatic nitrogens is 1. The second kappa shape index (κ2) is 9.89. The van der Waals surface area contributed by atoms with E-state index in [2.05, 4.69) is 4.99 Å². The predicted molar refractivity (Wildman–Crippen MR) is 129 cm³/mol. The fraction of sp³-hybridized carbons (Fsp3) is 0.192. The fourth-order valence-corrected chi connectivity index (χ4v) is 4.57. The van der Waals surface area contributed by atoms with Gasteiger partial charge >= 0.3 is 7.40 Å². The number of ether oxygens (including phenoxy) is 1. The lowest BCUT2D eigenvalue weighted by Gasteiger charge is -2.20. The van der Waals surface area contributed by atoms with E-state index >= 15 is 0 Å². The van der Waals surface area contributed by atoms with Crippen LogP contribution in [0.4, 0.5) is 17.4 Å². The van der Waals surface area contributed by atoms with Crippen molar-refractivity contribution in [2.75, 3.05) is 6.61 Å². The van der Waals surface area contributed by atoms with Crippen LogP contribution in [-0.4, -0.2) is 52.7 Å². The van der Waals surface area contributed by atoms with Gasteiger partial charge < -0.3 is 19.4 Å². The molecule has 1 aromatic heterocycles. The molecule has 0 aliphatic carbocycles. The molecule has 0 saturated carbocycles. The number of aliphatic imine (C=N–C) groups is 1. The summed E-state index contributed by atoms with van der Waals surface area (Å²) in [7, 11) is -2.95. The highest BCUT2D eigenvalue weighted by Crippen LogP contribution is 2.38. The molecule has 5 nitrogen and oxygen atoms in total. The maximum absolute atomic E-state index is 14.5. The highest BCUT2D eigenvalue weighted by molar-refractivity contribution is 6.42. The fourth-order valence-electron chi connectivity index (χ4n) is 4.57. The Morgan fingerprint density at radius 2 is 1.58 bits per heavy atom. The van der Waals surface area contributed by atoms with E-state index in [1.165, 1.54) is 48.5 Å². The van der Waals surface area contributed by atoms with Gasteiger partial charge in [-0.3, -0.25) is 8.63 Å². The largest absolute Gasteiger partial charge is 0.678 e. The van der Waals surface area contributed by atoms with E-state index in [0.717, 1.165) is 4.48 Å². The Labute approximate surface area is 204 Å². The van der Waals surface area contributed by atoms with Crippen LogP contribution in [0.3, 0.4) is 0 Å². The minimum atomic E-state index is -2.95. The molecule has 0 spiro atoms. The van der Waals surface area contributed by atoms with Gasteiger partial charge in [0.05, 0.1) is 30.2 Å². The second-order valence-corrected chi connectivity index (χ2v) is 8.54. The minimum Gasteiger partial charge on any atom is -0.394 e. The van der Waals surface area contributed by atoms with Gasteiger partial charge in [0.15, 0.2) is 0 Å². The number of aliphatic hydroxyl groups is 2. The molecule has 1 fully saturated rings. The van der Waals surface area contributed by atoms with Crippen LogP contribution < -0.4 is 0 Å². The molecule has 1 unspecified atom stereocenters. The van der Waals surface area contributed by atoms with Crippen LogP contribution in [0.2, 0.25) is 0 Å². The third-order valence-electron chi connectivity index (χ3n) is 6.31. The molecule has 0 radical (unpaired) electrons. The molecule has 1 saturated heterocycles. The van der Waals surface area contributed by atoms with E-state index in [9.17, 15) is 27.6 Å². The Balaban J connectivity index is 1.66. The highest BCUT2D eigenvalue weighted by Gasteiger charge is 2.39. The van der Waals surface area contributed by atoms with Crippen molar-refractivity contribution >= 4 is 18.7 Å². The smallest absolute Gasteiger partial charge is 0.394 e. The summed E-state index contributed by atoms with van der Waals surface area (Å²) in [5, 5.41) is 19.9. The molecular formula is C26H21BF4N2O3. The molecule has 10 heteroatoms. The topological polar surface area (TPSA) is 67.0 Å². The van der Waals surface area contributed by atoms with Crippen LogP contribution in [-0.2, 0) is 4.74 Å². The Bertz CT molecular complexity index is 1350. The first-order valence-corrected chi connectivity index (χ1v) is 11.3. The van der Waals surface area contributed by atoms with Gasteiger partial charge in [0.25, 0.3) is 0 Å². The van der Waals surface area contributed by atoms with Crippen LogP contribution in [0.5, 0.6) is 0 Å². The molecule has 36 heavy (non-hydrogen) atoms. The van der Waals surface area contributed by atoms with Crippen LogP contribution >= 0.6 is 0 Å². The van der Waals surface area contributed by atoms with Crippen molar-refractivity contribution in [1.82, 2.24) is 4.48 Å². The number of allylic oxidation sites excluding steroid dienone is 2. The lowest BCUT2D eigenvalue weighted by molar-refractivity contribution is -0.00872. The number of benzene rings is 2. The third kappa shape index (κ3) is 4.55. The van der Waals surface area contributed by atoms with Gasteiger partial charge in [-0.2, -0.15) is 0 Å². The standard InChI is InChI=1S/C26H21BF4N2O3/c28-17-5-1-15(2-6-17)19-9-10-20(32-19)26(24-13-23(35)25(14-34)36-24)22-12-11-21(33(22)27(30)31)16-3-7-18(29)8-4-16/h1-12,23-25,34-35H,13-14H2/b26-20+/t23-,24?,25+/m0/s1.